The molecule has 1 aromatic rings. The molecule has 2 rings (SSSR count). The Kier molecular flexibility index (Phi) is 7.23. The number of unbranched alkanes of at least 4 members (excludes halogenated alkanes) is 1. The fourth-order valence-electron chi connectivity index (χ4n) is 3.27. The van der Waals surface area contributed by atoms with Gasteiger partial charge < -0.3 is 4.74 Å². The molecule has 0 heterocycles. The van der Waals surface area contributed by atoms with Gasteiger partial charge in [-0.15, -0.1) is 0 Å². The average molecular weight is 372 g/mol. The van der Waals surface area contributed by atoms with E-state index in [1.807, 2.05) is 0 Å². The third-order valence-electron chi connectivity index (χ3n) is 4.79. The normalized spacial score (nSPS) is 21.1. The van der Waals surface area contributed by atoms with Crippen LogP contribution in [0.1, 0.15) is 57.4 Å². The van der Waals surface area contributed by atoms with Gasteiger partial charge in [-0.3, -0.25) is 4.79 Å². The van der Waals surface area contributed by atoms with Crippen molar-refractivity contribution >= 4 is 12.0 Å². The van der Waals surface area contributed by atoms with Crippen LogP contribution in [0.2, 0.25) is 0 Å². The maximum absolute atomic E-state index is 13.9. The van der Waals surface area contributed by atoms with Crippen LogP contribution < -0.4 is 4.74 Å². The maximum Gasteiger partial charge on any atom is 0.409 e. The zero-order valence-electron chi connectivity index (χ0n) is 14.8. The summed E-state index contributed by atoms with van der Waals surface area (Å²) in [5.41, 5.74) is -0.210. The molecule has 0 aliphatic heterocycles. The molecule has 0 saturated heterocycles. The number of benzene rings is 1. The van der Waals surface area contributed by atoms with E-state index in [9.17, 15) is 22.4 Å². The van der Waals surface area contributed by atoms with Crippen LogP contribution in [0.25, 0.3) is 6.08 Å². The highest BCUT2D eigenvalue weighted by atomic mass is 19.4. The molecular weight excluding hydrogens is 348 g/mol. The monoisotopic (exact) mass is 372 g/mol. The van der Waals surface area contributed by atoms with Crippen LogP contribution in [0.5, 0.6) is 5.75 Å². The van der Waals surface area contributed by atoms with Crippen molar-refractivity contribution in [3.05, 3.63) is 35.7 Å². The molecule has 0 bridgehead atoms. The first-order chi connectivity index (χ1) is 12.3. The fraction of sp³-hybridized carbons (Fsp3) is 0.550. The largest absolute Gasteiger partial charge is 0.426 e. The summed E-state index contributed by atoms with van der Waals surface area (Å²) in [4.78, 5) is 12.2. The van der Waals surface area contributed by atoms with Crippen LogP contribution in [0, 0.1) is 17.7 Å². The number of ether oxygens (including phenoxy) is 1. The van der Waals surface area contributed by atoms with E-state index in [1.165, 1.54) is 31.4 Å². The molecule has 1 aliphatic rings. The molecule has 1 aliphatic carbocycles. The molecule has 144 valence electrons. The lowest BCUT2D eigenvalue weighted by Gasteiger charge is -2.27. The molecule has 0 spiro atoms. The van der Waals surface area contributed by atoms with E-state index < -0.39 is 18.0 Å². The van der Waals surface area contributed by atoms with E-state index in [-0.39, 0.29) is 23.3 Å². The van der Waals surface area contributed by atoms with Gasteiger partial charge in [0.2, 0.25) is 0 Å². The number of esters is 1. The Labute approximate surface area is 151 Å². The highest BCUT2D eigenvalue weighted by Gasteiger charge is 2.27. The molecule has 0 N–H and O–H groups in total. The molecule has 1 fully saturated rings. The lowest BCUT2D eigenvalue weighted by atomic mass is 9.80. The summed E-state index contributed by atoms with van der Waals surface area (Å²) < 4.78 is 55.5. The summed E-state index contributed by atoms with van der Waals surface area (Å²) in [7, 11) is 0. The van der Waals surface area contributed by atoms with Gasteiger partial charge in [0.1, 0.15) is 11.6 Å². The zero-order valence-corrected chi connectivity index (χ0v) is 14.8. The van der Waals surface area contributed by atoms with E-state index in [0.29, 0.717) is 12.0 Å². The molecule has 6 heteroatoms. The van der Waals surface area contributed by atoms with Gasteiger partial charge in [-0.2, -0.15) is 13.2 Å². The van der Waals surface area contributed by atoms with Gasteiger partial charge in [0.05, 0.1) is 5.92 Å². The Morgan fingerprint density at radius 2 is 1.92 bits per heavy atom. The van der Waals surface area contributed by atoms with E-state index in [1.54, 1.807) is 0 Å². The summed E-state index contributed by atoms with van der Waals surface area (Å²) in [6.45, 7) is 2.16. The molecule has 0 amide bonds. The van der Waals surface area contributed by atoms with E-state index >= 15 is 0 Å². The molecule has 0 atom stereocenters. The number of hydrogen-bond donors (Lipinski definition) is 0. The third kappa shape index (κ3) is 6.46. The highest BCUT2D eigenvalue weighted by Crippen LogP contribution is 2.33. The molecule has 0 unspecified atom stereocenters. The van der Waals surface area contributed by atoms with E-state index in [0.717, 1.165) is 31.7 Å². The summed E-state index contributed by atoms with van der Waals surface area (Å²) >= 11 is 0. The second-order valence-corrected chi connectivity index (χ2v) is 6.84. The summed E-state index contributed by atoms with van der Waals surface area (Å²) in [5.74, 6) is -0.766. The van der Waals surface area contributed by atoms with Crippen LogP contribution in [-0.2, 0) is 4.79 Å². The lowest BCUT2D eigenvalue weighted by Crippen LogP contribution is -2.25. The Morgan fingerprint density at radius 1 is 1.23 bits per heavy atom. The Morgan fingerprint density at radius 3 is 2.50 bits per heavy atom. The minimum Gasteiger partial charge on any atom is -0.426 e. The van der Waals surface area contributed by atoms with E-state index in [2.05, 4.69) is 6.92 Å². The number of alkyl halides is 3. The van der Waals surface area contributed by atoms with Gasteiger partial charge in [-0.25, -0.2) is 4.39 Å². The molecular formula is C20H24F4O2. The molecule has 1 aromatic carbocycles. The smallest absolute Gasteiger partial charge is 0.409 e. The number of carbonyl (C=O) groups excluding carboxylic acids is 1. The van der Waals surface area contributed by atoms with Crippen LogP contribution in [-0.4, -0.2) is 12.1 Å². The van der Waals surface area contributed by atoms with E-state index in [4.69, 9.17) is 4.74 Å². The van der Waals surface area contributed by atoms with Crippen molar-refractivity contribution in [2.24, 2.45) is 11.8 Å². The van der Waals surface area contributed by atoms with Gasteiger partial charge in [0.15, 0.2) is 0 Å². The molecule has 2 nitrogen and oxygen atoms in total. The van der Waals surface area contributed by atoms with Gasteiger partial charge in [-0.05, 0) is 49.8 Å². The minimum atomic E-state index is -4.51. The SMILES string of the molecule is CCCCC1CCC(C(=O)Oc2ccc(C=CC(F)(F)F)c(F)c2)CC1. The first-order valence-corrected chi connectivity index (χ1v) is 9.05. The minimum absolute atomic E-state index is 0.0183. The average Bonchev–Trinajstić information content (AvgIpc) is 2.59. The van der Waals surface area contributed by atoms with Crippen molar-refractivity contribution in [1.82, 2.24) is 0 Å². The number of carbonyl (C=O) groups is 1. The first-order valence-electron chi connectivity index (χ1n) is 9.05. The Bertz CT molecular complexity index is 629. The molecule has 1 saturated carbocycles. The number of hydrogen-bond acceptors (Lipinski definition) is 2. The van der Waals surface area contributed by atoms with Gasteiger partial charge >= 0.3 is 12.1 Å². The summed E-state index contributed by atoms with van der Waals surface area (Å²) in [6, 6.07) is 3.42. The predicted molar refractivity (Wildman–Crippen MR) is 92.1 cm³/mol. The van der Waals surface area contributed by atoms with Crippen LogP contribution >= 0.6 is 0 Å². The topological polar surface area (TPSA) is 26.3 Å². The van der Waals surface area contributed by atoms with Gasteiger partial charge in [0.25, 0.3) is 0 Å². The molecule has 26 heavy (non-hydrogen) atoms. The second kappa shape index (κ2) is 9.19. The second-order valence-electron chi connectivity index (χ2n) is 6.84. The number of allylic oxidation sites excluding steroid dienone is 1. The van der Waals surface area contributed by atoms with Crippen molar-refractivity contribution in [2.75, 3.05) is 0 Å². The van der Waals surface area contributed by atoms with Crippen molar-refractivity contribution in [3.63, 3.8) is 0 Å². The maximum atomic E-state index is 13.9. The Balaban J connectivity index is 1.90. The lowest BCUT2D eigenvalue weighted by molar-refractivity contribution is -0.140. The van der Waals surface area contributed by atoms with Crippen molar-refractivity contribution in [2.45, 2.75) is 58.0 Å². The molecule has 0 radical (unpaired) electrons. The highest BCUT2D eigenvalue weighted by molar-refractivity contribution is 5.75. The number of rotatable bonds is 6. The standard InChI is InChI=1S/C20H24F4O2/c1-2-3-4-14-5-7-16(8-6-14)19(25)26-17-10-9-15(18(21)13-17)11-12-20(22,23)24/h9-14,16H,2-8H2,1H3. The van der Waals surface area contributed by atoms with Crippen molar-refractivity contribution in [1.29, 1.82) is 0 Å². The zero-order chi connectivity index (χ0) is 19.2. The third-order valence-corrected chi connectivity index (χ3v) is 4.79. The Hall–Kier alpha value is -1.85. The first kappa shape index (κ1) is 20.5. The summed E-state index contributed by atoms with van der Waals surface area (Å²) in [5, 5.41) is 0. The van der Waals surface area contributed by atoms with Crippen LogP contribution in [0.3, 0.4) is 0 Å². The van der Waals surface area contributed by atoms with Crippen LogP contribution in [0.4, 0.5) is 17.6 Å². The summed E-state index contributed by atoms with van der Waals surface area (Å²) in [6.07, 6.45) is 3.20. The quantitative estimate of drug-likeness (QED) is 0.333. The number of halogens is 4. The van der Waals surface area contributed by atoms with Gasteiger partial charge in [-0.1, -0.05) is 26.2 Å². The fourth-order valence-corrected chi connectivity index (χ4v) is 3.27. The molecule has 0 aromatic heterocycles. The van der Waals surface area contributed by atoms with Crippen molar-refractivity contribution in [3.8, 4) is 5.75 Å². The predicted octanol–water partition coefficient (Wildman–Crippen LogP) is 6.30. The van der Waals surface area contributed by atoms with Crippen LogP contribution in [0.15, 0.2) is 24.3 Å². The van der Waals surface area contributed by atoms with Crippen molar-refractivity contribution < 1.29 is 27.1 Å². The van der Waals surface area contributed by atoms with Gasteiger partial charge in [0, 0.05) is 17.7 Å².